The van der Waals surface area contributed by atoms with Crippen LogP contribution in [0.1, 0.15) is 18.4 Å². The number of anilines is 2. The first-order valence-electron chi connectivity index (χ1n) is 11.2. The molecule has 1 aromatic carbocycles. The van der Waals surface area contributed by atoms with Crippen molar-refractivity contribution in [3.63, 3.8) is 0 Å². The number of nitrogens with one attached hydrogen (secondary N) is 3. The maximum Gasteiger partial charge on any atom is 0.232 e. The molecule has 34 heavy (non-hydrogen) atoms. The van der Waals surface area contributed by atoms with Gasteiger partial charge in [0.1, 0.15) is 23.8 Å². The molecule has 0 radical (unpaired) electrons. The summed E-state index contributed by atoms with van der Waals surface area (Å²) in [5, 5.41) is 7.24. The van der Waals surface area contributed by atoms with E-state index in [2.05, 4.69) is 25.6 Å². The van der Waals surface area contributed by atoms with E-state index in [1.165, 1.54) is 6.33 Å². The lowest BCUT2D eigenvalue weighted by Crippen LogP contribution is -2.26. The molecule has 176 valence electrons. The number of methoxy groups -OCH3 is 1. The first-order chi connectivity index (χ1) is 16.7. The molecule has 3 N–H and O–H groups in total. The summed E-state index contributed by atoms with van der Waals surface area (Å²) in [6.07, 6.45) is 8.55. The smallest absolute Gasteiger partial charge is 0.232 e. The zero-order chi connectivity index (χ0) is 23.3. The highest BCUT2D eigenvalue weighted by Gasteiger charge is 2.22. The van der Waals surface area contributed by atoms with Gasteiger partial charge in [-0.15, -0.1) is 0 Å². The highest BCUT2D eigenvalue weighted by Crippen LogP contribution is 2.36. The van der Waals surface area contributed by atoms with Crippen molar-refractivity contribution < 1.29 is 14.2 Å². The Morgan fingerprint density at radius 2 is 1.97 bits per heavy atom. The maximum absolute atomic E-state index is 6.40. The zero-order valence-corrected chi connectivity index (χ0v) is 19.2. The van der Waals surface area contributed by atoms with Crippen LogP contribution in [0.3, 0.4) is 0 Å². The quantitative estimate of drug-likeness (QED) is 0.362. The first-order valence-corrected chi connectivity index (χ1v) is 11.2. The minimum atomic E-state index is 0.0184. The monoisotopic (exact) mass is 461 g/mol. The van der Waals surface area contributed by atoms with Crippen LogP contribution >= 0.6 is 0 Å². The van der Waals surface area contributed by atoms with Crippen LogP contribution < -0.4 is 20.1 Å². The number of benzene rings is 1. The van der Waals surface area contributed by atoms with Gasteiger partial charge in [0, 0.05) is 49.1 Å². The third-order valence-electron chi connectivity index (χ3n) is 5.71. The number of H-pyrrole nitrogens is 1. The molecule has 0 amide bonds. The minimum Gasteiger partial charge on any atom is -0.495 e. The highest BCUT2D eigenvalue weighted by molar-refractivity contribution is 5.97. The van der Waals surface area contributed by atoms with Crippen molar-refractivity contribution in [1.29, 1.82) is 0 Å². The van der Waals surface area contributed by atoms with Gasteiger partial charge in [0.25, 0.3) is 0 Å². The van der Waals surface area contributed by atoms with Crippen molar-refractivity contribution in [2.24, 2.45) is 0 Å². The Bertz CT molecular complexity index is 1260. The van der Waals surface area contributed by atoms with Crippen molar-refractivity contribution in [3.8, 4) is 22.8 Å². The van der Waals surface area contributed by atoms with Crippen LogP contribution in [0.5, 0.6) is 11.6 Å². The fourth-order valence-electron chi connectivity index (χ4n) is 4.03. The molecule has 1 aliphatic rings. The summed E-state index contributed by atoms with van der Waals surface area (Å²) >= 11 is 0. The number of fused-ring (bicyclic) bond motifs is 1. The fraction of sp³-hybridized carbons (Fsp3) is 0.333. The van der Waals surface area contributed by atoms with Crippen LogP contribution in [0.15, 0.2) is 43.1 Å². The van der Waals surface area contributed by atoms with Crippen molar-refractivity contribution in [1.82, 2.24) is 30.2 Å². The van der Waals surface area contributed by atoms with Gasteiger partial charge >= 0.3 is 0 Å². The number of rotatable bonds is 8. The van der Waals surface area contributed by atoms with Crippen molar-refractivity contribution in [2.45, 2.75) is 25.5 Å². The van der Waals surface area contributed by atoms with Crippen LogP contribution in [0, 0.1) is 0 Å². The molecule has 10 nitrogen and oxygen atoms in total. The number of aromatic amines is 1. The molecule has 0 unspecified atom stereocenters. The molecule has 10 heteroatoms. The summed E-state index contributed by atoms with van der Waals surface area (Å²) in [5.74, 6) is 1.62. The Labute approximate surface area is 197 Å². The lowest BCUT2D eigenvalue weighted by atomic mass is 10.1. The topological polar surface area (TPSA) is 119 Å². The van der Waals surface area contributed by atoms with E-state index in [0.717, 1.165) is 47.2 Å². The van der Waals surface area contributed by atoms with Crippen LogP contribution in [-0.4, -0.2) is 58.4 Å². The molecule has 3 aromatic heterocycles. The first kappa shape index (κ1) is 22.1. The second-order valence-corrected chi connectivity index (χ2v) is 8.03. The van der Waals surface area contributed by atoms with E-state index >= 15 is 0 Å². The normalized spacial score (nSPS) is 14.3. The standard InChI is InChI=1S/C24H27N7O3/c1-25-10-15-3-4-19(20(9-15)32-2)29-24-30-22-21(18(13-28-22)16-11-26-14-27-12-16)23(31-24)34-17-5-7-33-8-6-17/h3-4,9,11-14,17,25H,5-8,10H2,1-2H3,(H2,28,29,30,31). The van der Waals surface area contributed by atoms with Gasteiger partial charge in [0.05, 0.1) is 31.4 Å². The molecule has 1 fully saturated rings. The molecule has 0 saturated carbocycles. The predicted molar refractivity (Wildman–Crippen MR) is 128 cm³/mol. The Balaban J connectivity index is 1.54. The van der Waals surface area contributed by atoms with Gasteiger partial charge in [-0.05, 0) is 24.7 Å². The maximum atomic E-state index is 6.40. The fourth-order valence-corrected chi connectivity index (χ4v) is 4.03. The zero-order valence-electron chi connectivity index (χ0n) is 19.2. The van der Waals surface area contributed by atoms with Crippen LogP contribution in [-0.2, 0) is 11.3 Å². The van der Waals surface area contributed by atoms with Gasteiger partial charge in [0.2, 0.25) is 11.8 Å². The summed E-state index contributed by atoms with van der Waals surface area (Å²) in [4.78, 5) is 21.0. The summed E-state index contributed by atoms with van der Waals surface area (Å²) in [5.41, 5.74) is 4.28. The average molecular weight is 462 g/mol. The van der Waals surface area contributed by atoms with E-state index < -0.39 is 0 Å². The van der Waals surface area contributed by atoms with E-state index in [4.69, 9.17) is 24.2 Å². The lowest BCUT2D eigenvalue weighted by molar-refractivity contribution is 0.0245. The van der Waals surface area contributed by atoms with Crippen molar-refractivity contribution >= 4 is 22.7 Å². The SMILES string of the molecule is CNCc1ccc(Nc2nc(OC3CCOCC3)c3c(-c4cncnc4)c[nH]c3n2)c(OC)c1. The Hall–Kier alpha value is -3.76. The van der Waals surface area contributed by atoms with E-state index in [0.29, 0.717) is 36.4 Å². The second kappa shape index (κ2) is 10.0. The number of aromatic nitrogens is 5. The predicted octanol–water partition coefficient (Wildman–Crippen LogP) is 3.44. The summed E-state index contributed by atoms with van der Waals surface area (Å²) in [6.45, 7) is 2.09. The van der Waals surface area contributed by atoms with E-state index in [1.54, 1.807) is 19.5 Å². The number of hydrogen-bond acceptors (Lipinski definition) is 9. The molecule has 0 atom stereocenters. The van der Waals surface area contributed by atoms with Crippen LogP contribution in [0.4, 0.5) is 11.6 Å². The molecule has 0 spiro atoms. The van der Waals surface area contributed by atoms with Gasteiger partial charge in [-0.1, -0.05) is 6.07 Å². The molecule has 0 bridgehead atoms. The Kier molecular flexibility index (Phi) is 6.50. The lowest BCUT2D eigenvalue weighted by Gasteiger charge is -2.23. The summed E-state index contributed by atoms with van der Waals surface area (Å²) in [6, 6.07) is 5.97. The van der Waals surface area contributed by atoms with E-state index in [1.807, 2.05) is 31.4 Å². The summed E-state index contributed by atoms with van der Waals surface area (Å²) in [7, 11) is 3.56. The van der Waals surface area contributed by atoms with Gasteiger partial charge in [-0.2, -0.15) is 9.97 Å². The van der Waals surface area contributed by atoms with E-state index in [9.17, 15) is 0 Å². The molecule has 1 aliphatic heterocycles. The average Bonchev–Trinajstić information content (AvgIpc) is 3.31. The molecule has 4 heterocycles. The third-order valence-corrected chi connectivity index (χ3v) is 5.71. The molecule has 4 aromatic rings. The third kappa shape index (κ3) is 4.63. The van der Waals surface area contributed by atoms with E-state index in [-0.39, 0.29) is 6.10 Å². The molecular formula is C24H27N7O3. The molecule has 5 rings (SSSR count). The number of hydrogen-bond donors (Lipinski definition) is 3. The van der Waals surface area contributed by atoms with Crippen LogP contribution in [0.25, 0.3) is 22.2 Å². The van der Waals surface area contributed by atoms with Gasteiger partial charge in [-0.3, -0.25) is 0 Å². The van der Waals surface area contributed by atoms with Crippen LogP contribution in [0.2, 0.25) is 0 Å². The highest BCUT2D eigenvalue weighted by atomic mass is 16.5. The second-order valence-electron chi connectivity index (χ2n) is 8.03. The largest absolute Gasteiger partial charge is 0.495 e. The Morgan fingerprint density at radius 1 is 1.15 bits per heavy atom. The Morgan fingerprint density at radius 3 is 2.74 bits per heavy atom. The minimum absolute atomic E-state index is 0.0184. The molecule has 0 aliphatic carbocycles. The van der Waals surface area contributed by atoms with Gasteiger partial charge in [-0.25, -0.2) is 9.97 Å². The van der Waals surface area contributed by atoms with Crippen molar-refractivity contribution in [3.05, 3.63) is 48.7 Å². The summed E-state index contributed by atoms with van der Waals surface area (Å²) < 4.78 is 17.5. The van der Waals surface area contributed by atoms with Crippen molar-refractivity contribution in [2.75, 3.05) is 32.7 Å². The van der Waals surface area contributed by atoms with Gasteiger partial charge < -0.3 is 29.8 Å². The van der Waals surface area contributed by atoms with Gasteiger partial charge in [0.15, 0.2) is 0 Å². The molecular weight excluding hydrogens is 434 g/mol. The number of ether oxygens (including phenoxy) is 3. The number of nitrogens with zero attached hydrogens (tertiary/aromatic N) is 4. The molecule has 1 saturated heterocycles.